The predicted octanol–water partition coefficient (Wildman–Crippen LogP) is 3.87. The van der Waals surface area contributed by atoms with Crippen LogP contribution < -0.4 is 4.74 Å². The Morgan fingerprint density at radius 3 is 2.19 bits per heavy atom. The van der Waals surface area contributed by atoms with Gasteiger partial charge in [-0.25, -0.2) is 0 Å². The predicted molar refractivity (Wildman–Crippen MR) is 53.8 cm³/mol. The SMILES string of the molecule is CCC.N#Cc1ccccc1OC(F)(F)F. The maximum atomic E-state index is 11.7. The summed E-state index contributed by atoms with van der Waals surface area (Å²) in [4.78, 5) is 0. The van der Waals surface area contributed by atoms with Gasteiger partial charge in [0, 0.05) is 0 Å². The Morgan fingerprint density at radius 2 is 1.75 bits per heavy atom. The molecule has 0 saturated carbocycles. The Kier molecular flexibility index (Phi) is 6.01. The minimum Gasteiger partial charge on any atom is -0.404 e. The third-order valence-electron chi connectivity index (χ3n) is 1.23. The van der Waals surface area contributed by atoms with Crippen LogP contribution in [0.25, 0.3) is 0 Å². The van der Waals surface area contributed by atoms with Gasteiger partial charge in [-0.05, 0) is 12.1 Å². The molecule has 0 aliphatic heterocycles. The van der Waals surface area contributed by atoms with Crippen LogP contribution in [0.1, 0.15) is 25.8 Å². The van der Waals surface area contributed by atoms with E-state index in [0.717, 1.165) is 6.07 Å². The zero-order chi connectivity index (χ0) is 12.6. The number of rotatable bonds is 1. The molecule has 0 saturated heterocycles. The third kappa shape index (κ3) is 5.91. The van der Waals surface area contributed by atoms with Crippen molar-refractivity contribution in [1.29, 1.82) is 5.26 Å². The van der Waals surface area contributed by atoms with Gasteiger partial charge in [0.2, 0.25) is 0 Å². The van der Waals surface area contributed by atoms with E-state index in [2.05, 4.69) is 18.6 Å². The molecule has 1 rings (SSSR count). The third-order valence-corrected chi connectivity index (χ3v) is 1.23. The zero-order valence-corrected chi connectivity index (χ0v) is 9.01. The van der Waals surface area contributed by atoms with E-state index in [1.807, 2.05) is 0 Å². The fraction of sp³-hybridized carbons (Fsp3) is 0.364. The molecule has 0 aliphatic carbocycles. The van der Waals surface area contributed by atoms with Crippen LogP contribution >= 0.6 is 0 Å². The molecular weight excluding hydrogens is 219 g/mol. The summed E-state index contributed by atoms with van der Waals surface area (Å²) in [7, 11) is 0. The molecule has 0 unspecified atom stereocenters. The Bertz CT molecular complexity index is 355. The normalized spacial score (nSPS) is 9.75. The molecule has 0 spiro atoms. The molecule has 0 N–H and O–H groups in total. The maximum Gasteiger partial charge on any atom is 0.573 e. The highest BCUT2D eigenvalue weighted by atomic mass is 19.4. The highest BCUT2D eigenvalue weighted by Gasteiger charge is 2.31. The molecule has 0 heterocycles. The second kappa shape index (κ2) is 6.72. The molecule has 16 heavy (non-hydrogen) atoms. The van der Waals surface area contributed by atoms with Crippen LogP contribution in [0.2, 0.25) is 0 Å². The van der Waals surface area contributed by atoms with Crippen molar-refractivity contribution in [3.05, 3.63) is 29.8 Å². The summed E-state index contributed by atoms with van der Waals surface area (Å²) in [6.45, 7) is 4.25. The molecule has 2 nitrogen and oxygen atoms in total. The van der Waals surface area contributed by atoms with E-state index >= 15 is 0 Å². The minimum absolute atomic E-state index is 0.139. The van der Waals surface area contributed by atoms with Crippen molar-refractivity contribution in [2.75, 3.05) is 0 Å². The first-order chi connectivity index (χ1) is 7.44. The fourth-order valence-corrected chi connectivity index (χ4v) is 0.773. The van der Waals surface area contributed by atoms with Gasteiger partial charge in [-0.15, -0.1) is 13.2 Å². The van der Waals surface area contributed by atoms with Crippen LogP contribution in [0, 0.1) is 11.3 Å². The standard InChI is InChI=1S/C8H4F3NO.C3H8/c9-8(10,11)13-7-4-2-1-3-6(7)5-12;1-3-2/h1-4H;3H2,1-2H3. The van der Waals surface area contributed by atoms with Crippen molar-refractivity contribution >= 4 is 0 Å². The Morgan fingerprint density at radius 1 is 1.25 bits per heavy atom. The largest absolute Gasteiger partial charge is 0.573 e. The van der Waals surface area contributed by atoms with Gasteiger partial charge in [0.25, 0.3) is 0 Å². The molecule has 0 aromatic heterocycles. The number of hydrogen-bond acceptors (Lipinski definition) is 2. The monoisotopic (exact) mass is 231 g/mol. The van der Waals surface area contributed by atoms with Gasteiger partial charge >= 0.3 is 6.36 Å². The zero-order valence-electron chi connectivity index (χ0n) is 9.01. The molecule has 0 aliphatic rings. The molecule has 0 bridgehead atoms. The molecule has 5 heteroatoms. The molecule has 0 radical (unpaired) electrons. The maximum absolute atomic E-state index is 11.7. The van der Waals surface area contributed by atoms with E-state index in [1.54, 1.807) is 6.07 Å². The summed E-state index contributed by atoms with van der Waals surface area (Å²) in [5, 5.41) is 8.42. The van der Waals surface area contributed by atoms with Crippen LogP contribution in [0.5, 0.6) is 5.75 Å². The first kappa shape index (κ1) is 14.3. The van der Waals surface area contributed by atoms with E-state index in [4.69, 9.17) is 5.26 Å². The number of nitrogens with zero attached hydrogens (tertiary/aromatic N) is 1. The summed E-state index contributed by atoms with van der Waals surface area (Å²) >= 11 is 0. The molecule has 0 atom stereocenters. The lowest BCUT2D eigenvalue weighted by atomic mass is 10.2. The van der Waals surface area contributed by atoms with Crippen molar-refractivity contribution in [2.24, 2.45) is 0 Å². The van der Waals surface area contributed by atoms with Crippen molar-refractivity contribution in [3.63, 3.8) is 0 Å². The second-order valence-electron chi connectivity index (χ2n) is 2.86. The van der Waals surface area contributed by atoms with Crippen LogP contribution in [-0.2, 0) is 0 Å². The van der Waals surface area contributed by atoms with Gasteiger partial charge in [-0.3, -0.25) is 0 Å². The average Bonchev–Trinajstić information content (AvgIpc) is 2.17. The van der Waals surface area contributed by atoms with E-state index in [-0.39, 0.29) is 5.56 Å². The highest BCUT2D eigenvalue weighted by molar-refractivity contribution is 5.42. The lowest BCUT2D eigenvalue weighted by molar-refractivity contribution is -0.274. The minimum atomic E-state index is -4.76. The topological polar surface area (TPSA) is 33.0 Å². The van der Waals surface area contributed by atoms with Crippen molar-refractivity contribution in [1.82, 2.24) is 0 Å². The first-order valence-corrected chi connectivity index (χ1v) is 4.69. The molecule has 0 amide bonds. The van der Waals surface area contributed by atoms with Crippen molar-refractivity contribution in [2.45, 2.75) is 26.6 Å². The van der Waals surface area contributed by atoms with Gasteiger partial charge < -0.3 is 4.74 Å². The van der Waals surface area contributed by atoms with Crippen molar-refractivity contribution < 1.29 is 17.9 Å². The van der Waals surface area contributed by atoms with Crippen LogP contribution in [0.3, 0.4) is 0 Å². The molecule has 88 valence electrons. The Labute approximate surface area is 92.3 Å². The average molecular weight is 231 g/mol. The van der Waals surface area contributed by atoms with Crippen molar-refractivity contribution in [3.8, 4) is 11.8 Å². The number of nitriles is 1. The van der Waals surface area contributed by atoms with E-state index < -0.39 is 12.1 Å². The number of benzene rings is 1. The number of halogens is 3. The Balaban J connectivity index is 0.000000673. The smallest absolute Gasteiger partial charge is 0.404 e. The number of para-hydroxylation sites is 1. The summed E-state index contributed by atoms with van der Waals surface area (Å²) in [6, 6.07) is 6.76. The number of hydrogen-bond donors (Lipinski definition) is 0. The summed E-state index contributed by atoms with van der Waals surface area (Å²) in [6.07, 6.45) is -3.51. The second-order valence-corrected chi connectivity index (χ2v) is 2.86. The van der Waals surface area contributed by atoms with Gasteiger partial charge in [0.15, 0.2) is 0 Å². The fourth-order valence-electron chi connectivity index (χ4n) is 0.773. The summed E-state index contributed by atoms with van der Waals surface area (Å²) in [5.41, 5.74) is -0.139. The Hall–Kier alpha value is -1.70. The molecular formula is C11H12F3NO. The quantitative estimate of drug-likeness (QED) is 0.734. The van der Waals surface area contributed by atoms with Crippen LogP contribution in [-0.4, -0.2) is 6.36 Å². The first-order valence-electron chi connectivity index (χ1n) is 4.69. The van der Waals surface area contributed by atoms with Crippen LogP contribution in [0.4, 0.5) is 13.2 Å². The molecule has 0 fully saturated rings. The van der Waals surface area contributed by atoms with Crippen LogP contribution in [0.15, 0.2) is 24.3 Å². The summed E-state index contributed by atoms with van der Waals surface area (Å²) in [5.74, 6) is -0.475. The number of ether oxygens (including phenoxy) is 1. The van der Waals surface area contributed by atoms with Gasteiger partial charge in [-0.1, -0.05) is 32.4 Å². The van der Waals surface area contributed by atoms with Gasteiger partial charge in [0.05, 0.1) is 5.56 Å². The molecule has 1 aromatic rings. The highest BCUT2D eigenvalue weighted by Crippen LogP contribution is 2.25. The van der Waals surface area contributed by atoms with Gasteiger partial charge in [0.1, 0.15) is 11.8 Å². The van der Waals surface area contributed by atoms with Gasteiger partial charge in [-0.2, -0.15) is 5.26 Å². The summed E-state index contributed by atoms with van der Waals surface area (Å²) < 4.78 is 38.8. The number of alkyl halides is 3. The van der Waals surface area contributed by atoms with E-state index in [1.165, 1.54) is 24.6 Å². The van der Waals surface area contributed by atoms with E-state index in [0.29, 0.717) is 0 Å². The lowest BCUT2D eigenvalue weighted by Gasteiger charge is -2.09. The molecule has 1 aromatic carbocycles. The lowest BCUT2D eigenvalue weighted by Crippen LogP contribution is -2.17. The van der Waals surface area contributed by atoms with E-state index in [9.17, 15) is 13.2 Å².